The van der Waals surface area contributed by atoms with Crippen molar-refractivity contribution in [3.63, 3.8) is 0 Å². The second-order valence-corrected chi connectivity index (χ2v) is 6.23. The predicted octanol–water partition coefficient (Wildman–Crippen LogP) is 3.46. The van der Waals surface area contributed by atoms with E-state index < -0.39 is 0 Å². The molecular weight excluding hydrogens is 286 g/mol. The van der Waals surface area contributed by atoms with Gasteiger partial charge in [0, 0.05) is 23.4 Å². The number of aromatic nitrogens is 1. The second-order valence-electron chi connectivity index (χ2n) is 5.35. The van der Waals surface area contributed by atoms with Gasteiger partial charge in [-0.25, -0.2) is 4.79 Å². The molecule has 0 radical (unpaired) electrons. The van der Waals surface area contributed by atoms with Gasteiger partial charge in [-0.3, -0.25) is 4.79 Å². The fourth-order valence-electron chi connectivity index (χ4n) is 2.99. The zero-order chi connectivity index (χ0) is 15.1. The molecule has 0 atom stereocenters. The van der Waals surface area contributed by atoms with E-state index in [1.165, 1.54) is 18.4 Å². The van der Waals surface area contributed by atoms with E-state index in [0.29, 0.717) is 11.3 Å². The quantitative estimate of drug-likeness (QED) is 0.798. The van der Waals surface area contributed by atoms with Gasteiger partial charge in [-0.2, -0.15) is 0 Å². The molecule has 21 heavy (non-hydrogen) atoms. The van der Waals surface area contributed by atoms with E-state index in [-0.39, 0.29) is 11.8 Å². The third kappa shape index (κ3) is 2.12. The molecule has 0 saturated heterocycles. The first-order valence-electron chi connectivity index (χ1n) is 6.95. The van der Waals surface area contributed by atoms with Crippen LogP contribution in [0.15, 0.2) is 11.4 Å². The van der Waals surface area contributed by atoms with Gasteiger partial charge in [-0.15, -0.1) is 11.3 Å². The Kier molecular flexibility index (Phi) is 3.45. The number of thiophene rings is 1. The zero-order valence-electron chi connectivity index (χ0n) is 12.4. The molecule has 0 saturated carbocycles. The van der Waals surface area contributed by atoms with E-state index in [9.17, 15) is 9.59 Å². The summed E-state index contributed by atoms with van der Waals surface area (Å²) in [5.74, 6) is -0.127. The maximum absolute atomic E-state index is 12.1. The standard InChI is InChI=1S/C16H17NO3S/c1-9-8-21-15(16(19)20-3)14(9)17-10(2)7-11-12(17)5-4-6-13(11)18/h7-8H,4-6H2,1-3H3. The fourth-order valence-corrected chi connectivity index (χ4v) is 3.94. The Balaban J connectivity index is 2.25. The Morgan fingerprint density at radius 3 is 2.81 bits per heavy atom. The molecule has 2 aromatic heterocycles. The maximum atomic E-state index is 12.1. The Morgan fingerprint density at radius 1 is 1.33 bits per heavy atom. The van der Waals surface area contributed by atoms with E-state index in [1.807, 2.05) is 25.3 Å². The number of methoxy groups -OCH3 is 1. The molecule has 0 spiro atoms. The van der Waals surface area contributed by atoms with Crippen molar-refractivity contribution < 1.29 is 14.3 Å². The van der Waals surface area contributed by atoms with Gasteiger partial charge in [0.25, 0.3) is 0 Å². The molecule has 0 aromatic carbocycles. The van der Waals surface area contributed by atoms with Crippen molar-refractivity contribution in [1.29, 1.82) is 0 Å². The minimum atomic E-state index is -0.327. The first-order chi connectivity index (χ1) is 10.0. The van der Waals surface area contributed by atoms with Crippen LogP contribution in [0.5, 0.6) is 0 Å². The van der Waals surface area contributed by atoms with Crippen molar-refractivity contribution in [1.82, 2.24) is 4.57 Å². The monoisotopic (exact) mass is 303 g/mol. The minimum absolute atomic E-state index is 0.200. The normalized spacial score (nSPS) is 14.1. The highest BCUT2D eigenvalue weighted by Crippen LogP contribution is 2.34. The topological polar surface area (TPSA) is 48.3 Å². The van der Waals surface area contributed by atoms with Gasteiger partial charge in [-0.05, 0) is 43.7 Å². The molecule has 5 heteroatoms. The van der Waals surface area contributed by atoms with Crippen molar-refractivity contribution in [2.45, 2.75) is 33.1 Å². The van der Waals surface area contributed by atoms with E-state index in [4.69, 9.17) is 4.74 Å². The number of hydrogen-bond donors (Lipinski definition) is 0. The number of nitrogens with zero attached hydrogens (tertiary/aromatic N) is 1. The molecule has 2 aromatic rings. The van der Waals surface area contributed by atoms with Gasteiger partial charge in [0.15, 0.2) is 5.78 Å². The number of hydrogen-bond acceptors (Lipinski definition) is 4. The second kappa shape index (κ2) is 5.15. The van der Waals surface area contributed by atoms with Crippen molar-refractivity contribution >= 4 is 23.1 Å². The molecule has 3 rings (SSSR count). The highest BCUT2D eigenvalue weighted by atomic mass is 32.1. The molecule has 110 valence electrons. The van der Waals surface area contributed by atoms with E-state index in [0.717, 1.165) is 41.0 Å². The van der Waals surface area contributed by atoms with Crippen LogP contribution in [0, 0.1) is 13.8 Å². The first-order valence-corrected chi connectivity index (χ1v) is 7.83. The lowest BCUT2D eigenvalue weighted by molar-refractivity contribution is 0.0606. The summed E-state index contributed by atoms with van der Waals surface area (Å²) < 4.78 is 6.94. The third-order valence-electron chi connectivity index (χ3n) is 3.94. The molecule has 1 aliphatic carbocycles. The van der Waals surface area contributed by atoms with Gasteiger partial charge < -0.3 is 9.30 Å². The minimum Gasteiger partial charge on any atom is -0.465 e. The fraction of sp³-hybridized carbons (Fsp3) is 0.375. The summed E-state index contributed by atoms with van der Waals surface area (Å²) in [7, 11) is 1.39. The summed E-state index contributed by atoms with van der Waals surface area (Å²) in [5, 5.41) is 1.96. The molecular formula is C16H17NO3S. The highest BCUT2D eigenvalue weighted by Gasteiger charge is 2.27. The first kappa shape index (κ1) is 14.1. The van der Waals surface area contributed by atoms with Crippen LogP contribution in [0.1, 0.15) is 49.8 Å². The summed E-state index contributed by atoms with van der Waals surface area (Å²) in [6.07, 6.45) is 2.35. The number of esters is 1. The molecule has 4 nitrogen and oxygen atoms in total. The van der Waals surface area contributed by atoms with E-state index in [1.54, 1.807) is 0 Å². The Labute approximate surface area is 127 Å². The lowest BCUT2D eigenvalue weighted by Crippen LogP contribution is -2.14. The van der Waals surface area contributed by atoms with Crippen LogP contribution in [-0.2, 0) is 11.2 Å². The van der Waals surface area contributed by atoms with Gasteiger partial charge in [-0.1, -0.05) is 0 Å². The van der Waals surface area contributed by atoms with Crippen molar-refractivity contribution in [2.75, 3.05) is 7.11 Å². The van der Waals surface area contributed by atoms with Crippen molar-refractivity contribution in [3.05, 3.63) is 38.8 Å². The summed E-state index contributed by atoms with van der Waals surface area (Å²) in [5.41, 5.74) is 4.71. The largest absolute Gasteiger partial charge is 0.465 e. The highest BCUT2D eigenvalue weighted by molar-refractivity contribution is 7.12. The molecule has 1 aliphatic rings. The van der Waals surface area contributed by atoms with Crippen LogP contribution in [0.4, 0.5) is 0 Å². The number of rotatable bonds is 2. The SMILES string of the molecule is COC(=O)c1scc(C)c1-n1c(C)cc2c1CCCC2=O. The van der Waals surface area contributed by atoms with Crippen LogP contribution in [0.2, 0.25) is 0 Å². The maximum Gasteiger partial charge on any atom is 0.350 e. The van der Waals surface area contributed by atoms with Gasteiger partial charge in [0.1, 0.15) is 4.88 Å². The van der Waals surface area contributed by atoms with Crippen molar-refractivity contribution in [3.8, 4) is 5.69 Å². The summed E-state index contributed by atoms with van der Waals surface area (Å²) in [6.45, 7) is 3.96. The van der Waals surface area contributed by atoms with Crippen LogP contribution >= 0.6 is 11.3 Å². The van der Waals surface area contributed by atoms with Gasteiger partial charge in [0.2, 0.25) is 0 Å². The molecule has 0 N–H and O–H groups in total. The van der Waals surface area contributed by atoms with Crippen LogP contribution in [-0.4, -0.2) is 23.4 Å². The smallest absolute Gasteiger partial charge is 0.350 e. The molecule has 0 unspecified atom stereocenters. The Hall–Kier alpha value is -1.88. The number of aryl methyl sites for hydroxylation is 2. The average Bonchev–Trinajstić information content (AvgIpc) is 2.99. The summed E-state index contributed by atoms with van der Waals surface area (Å²) in [6, 6.07) is 1.94. The van der Waals surface area contributed by atoms with Gasteiger partial charge >= 0.3 is 5.97 Å². The number of carbonyl (C=O) groups excluding carboxylic acids is 2. The average molecular weight is 303 g/mol. The number of ketones is 1. The summed E-state index contributed by atoms with van der Waals surface area (Å²) >= 11 is 1.39. The third-order valence-corrected chi connectivity index (χ3v) is 5.01. The lowest BCUT2D eigenvalue weighted by Gasteiger charge is -2.17. The van der Waals surface area contributed by atoms with Gasteiger partial charge in [0.05, 0.1) is 12.8 Å². The molecule has 0 aliphatic heterocycles. The van der Waals surface area contributed by atoms with E-state index in [2.05, 4.69) is 4.57 Å². The molecule has 0 amide bonds. The van der Waals surface area contributed by atoms with Crippen molar-refractivity contribution in [2.24, 2.45) is 0 Å². The number of ether oxygens (including phenoxy) is 1. The van der Waals surface area contributed by atoms with Crippen LogP contribution < -0.4 is 0 Å². The number of fused-ring (bicyclic) bond motifs is 1. The molecule has 0 fully saturated rings. The predicted molar refractivity (Wildman–Crippen MR) is 81.7 cm³/mol. The zero-order valence-corrected chi connectivity index (χ0v) is 13.2. The summed E-state index contributed by atoms with van der Waals surface area (Å²) in [4.78, 5) is 24.7. The lowest BCUT2D eigenvalue weighted by atomic mass is 9.96. The van der Waals surface area contributed by atoms with E-state index >= 15 is 0 Å². The van der Waals surface area contributed by atoms with Crippen LogP contribution in [0.3, 0.4) is 0 Å². The Bertz CT molecular complexity index is 739. The molecule has 0 bridgehead atoms. The number of Topliss-reactive ketones (excluding diaryl/α,β-unsaturated/α-hetero) is 1. The Morgan fingerprint density at radius 2 is 2.10 bits per heavy atom. The van der Waals surface area contributed by atoms with Crippen LogP contribution in [0.25, 0.3) is 5.69 Å². The number of carbonyl (C=O) groups is 2. The molecule has 2 heterocycles.